The molecule has 0 fully saturated rings. The van der Waals surface area contributed by atoms with Gasteiger partial charge in [0, 0.05) is 17.0 Å². The second kappa shape index (κ2) is 7.92. The number of hydrogen-bond acceptors (Lipinski definition) is 6. The number of nitrogen functional groups attached to an aromatic ring is 1. The molecule has 0 radical (unpaired) electrons. The van der Waals surface area contributed by atoms with Crippen molar-refractivity contribution in [1.82, 2.24) is 20.3 Å². The van der Waals surface area contributed by atoms with Crippen molar-refractivity contribution in [3.05, 3.63) is 59.8 Å². The molecule has 26 heavy (non-hydrogen) atoms. The van der Waals surface area contributed by atoms with Crippen LogP contribution in [-0.2, 0) is 6.54 Å². The van der Waals surface area contributed by atoms with Gasteiger partial charge in [-0.15, -0.1) is 16.9 Å². The summed E-state index contributed by atoms with van der Waals surface area (Å²) in [5.74, 6) is 0.514. The Balaban J connectivity index is 1.77. The number of nitrogens with two attached hydrogens (primary N) is 1. The Morgan fingerprint density at radius 3 is 2.85 bits per heavy atom. The zero-order valence-corrected chi connectivity index (χ0v) is 15.3. The first-order valence-electron chi connectivity index (χ1n) is 7.89. The van der Waals surface area contributed by atoms with Gasteiger partial charge in [0.15, 0.2) is 11.5 Å². The van der Waals surface area contributed by atoms with E-state index in [1.54, 1.807) is 18.9 Å². The Kier molecular flexibility index (Phi) is 5.43. The number of amides is 1. The lowest BCUT2D eigenvalue weighted by molar-refractivity contribution is 0.0946. The van der Waals surface area contributed by atoms with Crippen molar-refractivity contribution in [2.45, 2.75) is 11.4 Å². The number of anilines is 1. The van der Waals surface area contributed by atoms with Gasteiger partial charge in [-0.1, -0.05) is 29.5 Å². The summed E-state index contributed by atoms with van der Waals surface area (Å²) in [4.78, 5) is 13.5. The third-order valence-electron chi connectivity index (χ3n) is 3.85. The topological polar surface area (TPSA) is 95.1 Å². The Morgan fingerprint density at radius 1 is 1.27 bits per heavy atom. The fourth-order valence-corrected chi connectivity index (χ4v) is 2.95. The van der Waals surface area contributed by atoms with E-state index in [-0.39, 0.29) is 17.4 Å². The van der Waals surface area contributed by atoms with Crippen molar-refractivity contribution in [3.8, 4) is 11.4 Å². The summed E-state index contributed by atoms with van der Waals surface area (Å²) in [6, 6.07) is 15.2. The molecule has 3 rings (SSSR count). The third kappa shape index (κ3) is 3.65. The second-order valence-corrected chi connectivity index (χ2v) is 6.31. The highest BCUT2D eigenvalue weighted by molar-refractivity contribution is 7.98. The van der Waals surface area contributed by atoms with E-state index in [0.717, 1.165) is 16.1 Å². The van der Waals surface area contributed by atoms with Gasteiger partial charge >= 0.3 is 0 Å². The molecule has 0 aliphatic carbocycles. The van der Waals surface area contributed by atoms with Crippen LogP contribution in [0.2, 0.25) is 0 Å². The Morgan fingerprint density at radius 2 is 2.08 bits per heavy atom. The van der Waals surface area contributed by atoms with Crippen LogP contribution in [-0.4, -0.2) is 34.3 Å². The molecule has 7 nitrogen and oxygen atoms in total. The highest BCUT2D eigenvalue weighted by Gasteiger charge is 2.18. The molecule has 0 bridgehead atoms. The fraction of sp³-hybridized carbons (Fsp3) is 0.167. The summed E-state index contributed by atoms with van der Waals surface area (Å²) < 4.78 is 6.74. The number of carbonyl (C=O) groups is 1. The molecule has 3 N–H and O–H groups in total. The number of hydrogen-bond donors (Lipinski definition) is 2. The predicted octanol–water partition coefficient (Wildman–Crippen LogP) is 2.51. The molecule has 0 aliphatic heterocycles. The summed E-state index contributed by atoms with van der Waals surface area (Å²) in [7, 11) is 1.59. The minimum atomic E-state index is -0.388. The Labute approximate surface area is 155 Å². The van der Waals surface area contributed by atoms with Gasteiger partial charge in [-0.25, -0.2) is 0 Å². The van der Waals surface area contributed by atoms with Gasteiger partial charge in [-0.05, 0) is 30.5 Å². The number of benzene rings is 2. The quantitative estimate of drug-likeness (QED) is 0.648. The molecule has 134 valence electrons. The zero-order chi connectivity index (χ0) is 18.5. The normalized spacial score (nSPS) is 10.5. The van der Waals surface area contributed by atoms with E-state index in [4.69, 9.17) is 10.5 Å². The summed E-state index contributed by atoms with van der Waals surface area (Å²) in [5, 5.41) is 10.8. The van der Waals surface area contributed by atoms with E-state index in [2.05, 4.69) is 15.6 Å². The minimum absolute atomic E-state index is 0.0921. The van der Waals surface area contributed by atoms with Crippen molar-refractivity contribution in [3.63, 3.8) is 0 Å². The smallest absolute Gasteiger partial charge is 0.275 e. The van der Waals surface area contributed by atoms with Crippen LogP contribution in [0, 0.1) is 0 Å². The number of aromatic nitrogens is 3. The Hall–Kier alpha value is -3.00. The van der Waals surface area contributed by atoms with Crippen molar-refractivity contribution < 1.29 is 9.53 Å². The number of methoxy groups -OCH3 is 1. The van der Waals surface area contributed by atoms with Crippen LogP contribution in [0.1, 0.15) is 16.1 Å². The lowest BCUT2D eigenvalue weighted by Gasteiger charge is -2.09. The average Bonchev–Trinajstić information content (AvgIpc) is 3.07. The van der Waals surface area contributed by atoms with Crippen LogP contribution in [0.25, 0.3) is 5.69 Å². The lowest BCUT2D eigenvalue weighted by atomic mass is 10.2. The van der Waals surface area contributed by atoms with Gasteiger partial charge < -0.3 is 15.8 Å². The van der Waals surface area contributed by atoms with Crippen LogP contribution in [0.4, 0.5) is 5.82 Å². The summed E-state index contributed by atoms with van der Waals surface area (Å²) in [6.07, 6.45) is 1.99. The van der Waals surface area contributed by atoms with E-state index in [1.807, 2.05) is 54.8 Å². The number of carbonyl (C=O) groups excluding carboxylic acids is 1. The van der Waals surface area contributed by atoms with Crippen LogP contribution >= 0.6 is 11.8 Å². The van der Waals surface area contributed by atoms with Gasteiger partial charge in [0.05, 0.1) is 12.8 Å². The largest absolute Gasteiger partial charge is 0.496 e. The first kappa shape index (κ1) is 17.8. The molecule has 0 unspecified atom stereocenters. The number of para-hydroxylation sites is 1. The van der Waals surface area contributed by atoms with Gasteiger partial charge in [-0.3, -0.25) is 4.79 Å². The molecule has 0 spiro atoms. The summed E-state index contributed by atoms with van der Waals surface area (Å²) in [5.41, 5.74) is 7.81. The SMILES string of the molecule is COc1ccccc1CNC(=O)c1nnn(-c2cccc(SC)c2)c1N. The minimum Gasteiger partial charge on any atom is -0.496 e. The van der Waals surface area contributed by atoms with E-state index in [9.17, 15) is 4.79 Å². The fourth-order valence-electron chi connectivity index (χ4n) is 2.49. The molecule has 1 amide bonds. The molecule has 8 heteroatoms. The van der Waals surface area contributed by atoms with Crippen molar-refractivity contribution in [2.24, 2.45) is 0 Å². The predicted molar refractivity (Wildman–Crippen MR) is 102 cm³/mol. The van der Waals surface area contributed by atoms with Gasteiger partial charge in [0.25, 0.3) is 5.91 Å². The molecular formula is C18H19N5O2S. The monoisotopic (exact) mass is 369 g/mol. The second-order valence-electron chi connectivity index (χ2n) is 5.43. The molecular weight excluding hydrogens is 350 g/mol. The number of rotatable bonds is 6. The van der Waals surface area contributed by atoms with E-state index in [0.29, 0.717) is 12.3 Å². The maximum atomic E-state index is 12.5. The zero-order valence-electron chi connectivity index (χ0n) is 14.5. The third-order valence-corrected chi connectivity index (χ3v) is 4.58. The highest BCUT2D eigenvalue weighted by Crippen LogP contribution is 2.21. The van der Waals surface area contributed by atoms with Gasteiger partial charge in [0.2, 0.25) is 0 Å². The first-order valence-corrected chi connectivity index (χ1v) is 9.12. The first-order chi connectivity index (χ1) is 12.6. The number of nitrogens with one attached hydrogen (secondary N) is 1. The Bertz CT molecular complexity index is 925. The van der Waals surface area contributed by atoms with Crippen LogP contribution in [0.3, 0.4) is 0 Å². The molecule has 0 saturated carbocycles. The van der Waals surface area contributed by atoms with Gasteiger partial charge in [-0.2, -0.15) is 4.68 Å². The number of thioether (sulfide) groups is 1. The molecule has 0 atom stereocenters. The van der Waals surface area contributed by atoms with E-state index < -0.39 is 0 Å². The van der Waals surface area contributed by atoms with E-state index >= 15 is 0 Å². The average molecular weight is 369 g/mol. The maximum absolute atomic E-state index is 12.5. The van der Waals surface area contributed by atoms with Crippen molar-refractivity contribution in [1.29, 1.82) is 0 Å². The van der Waals surface area contributed by atoms with Crippen molar-refractivity contribution >= 4 is 23.5 Å². The summed E-state index contributed by atoms with van der Waals surface area (Å²) >= 11 is 1.61. The van der Waals surface area contributed by atoms with Crippen LogP contribution in [0.5, 0.6) is 5.75 Å². The molecule has 2 aromatic carbocycles. The molecule has 3 aromatic rings. The lowest BCUT2D eigenvalue weighted by Crippen LogP contribution is -2.24. The summed E-state index contributed by atoms with van der Waals surface area (Å²) in [6.45, 7) is 0.303. The van der Waals surface area contributed by atoms with Gasteiger partial charge in [0.1, 0.15) is 5.75 Å². The highest BCUT2D eigenvalue weighted by atomic mass is 32.2. The number of nitrogens with zero attached hydrogens (tertiary/aromatic N) is 3. The van der Waals surface area contributed by atoms with Crippen LogP contribution in [0.15, 0.2) is 53.4 Å². The number of ether oxygens (including phenoxy) is 1. The molecule has 1 aromatic heterocycles. The standard InChI is InChI=1S/C18H19N5O2S/c1-25-15-9-4-3-6-12(15)11-20-18(24)16-17(19)23(22-21-16)13-7-5-8-14(10-13)26-2/h3-10H,11,19H2,1-2H3,(H,20,24). The van der Waals surface area contributed by atoms with E-state index in [1.165, 1.54) is 4.68 Å². The van der Waals surface area contributed by atoms with Crippen molar-refractivity contribution in [2.75, 3.05) is 19.1 Å². The molecule has 0 saturated heterocycles. The molecule has 1 heterocycles. The molecule has 0 aliphatic rings. The maximum Gasteiger partial charge on any atom is 0.275 e. The van der Waals surface area contributed by atoms with Crippen LogP contribution < -0.4 is 15.8 Å².